The van der Waals surface area contributed by atoms with Crippen LogP contribution in [0.15, 0.2) is 6.20 Å². The van der Waals surface area contributed by atoms with Crippen molar-refractivity contribution in [2.45, 2.75) is 32.6 Å². The Hall–Kier alpha value is -1.32. The smallest absolute Gasteiger partial charge is 0.217 e. The van der Waals surface area contributed by atoms with E-state index in [2.05, 4.69) is 24.0 Å². The van der Waals surface area contributed by atoms with Crippen molar-refractivity contribution in [3.63, 3.8) is 0 Å². The van der Waals surface area contributed by atoms with E-state index in [1.54, 1.807) is 6.20 Å². The lowest BCUT2D eigenvalue weighted by Gasteiger charge is -2.04. The molecule has 1 aromatic heterocycles. The standard InChI is InChI=1S/C9H15N3O/c1-6(2)9-7(5-11-12-9)3-4-8(10)13/h5-6H,3-4H2,1-2H3,(H2,10,13)(H,11,12). The van der Waals surface area contributed by atoms with Crippen LogP contribution in [0.4, 0.5) is 0 Å². The third kappa shape index (κ3) is 2.57. The molecule has 0 atom stereocenters. The first kappa shape index (κ1) is 9.77. The van der Waals surface area contributed by atoms with Crippen molar-refractivity contribution in [3.8, 4) is 0 Å². The quantitative estimate of drug-likeness (QED) is 0.726. The highest BCUT2D eigenvalue weighted by atomic mass is 16.1. The van der Waals surface area contributed by atoms with Gasteiger partial charge in [0.15, 0.2) is 0 Å². The molecule has 0 aliphatic carbocycles. The van der Waals surface area contributed by atoms with E-state index < -0.39 is 0 Å². The van der Waals surface area contributed by atoms with E-state index >= 15 is 0 Å². The summed E-state index contributed by atoms with van der Waals surface area (Å²) in [4.78, 5) is 10.6. The number of rotatable bonds is 4. The first-order valence-electron chi connectivity index (χ1n) is 4.41. The van der Waals surface area contributed by atoms with Crippen LogP contribution in [0.25, 0.3) is 0 Å². The fraction of sp³-hybridized carbons (Fsp3) is 0.556. The molecule has 0 aromatic carbocycles. The summed E-state index contributed by atoms with van der Waals surface area (Å²) in [6, 6.07) is 0. The largest absolute Gasteiger partial charge is 0.370 e. The average molecular weight is 181 g/mol. The molecule has 1 heterocycles. The summed E-state index contributed by atoms with van der Waals surface area (Å²) >= 11 is 0. The van der Waals surface area contributed by atoms with Gasteiger partial charge in [0.1, 0.15) is 0 Å². The fourth-order valence-corrected chi connectivity index (χ4v) is 1.28. The van der Waals surface area contributed by atoms with Crippen molar-refractivity contribution in [2.75, 3.05) is 0 Å². The average Bonchev–Trinajstić information content (AvgIpc) is 2.47. The minimum atomic E-state index is -0.268. The van der Waals surface area contributed by atoms with Gasteiger partial charge in [-0.3, -0.25) is 9.89 Å². The Balaban J connectivity index is 2.65. The molecule has 13 heavy (non-hydrogen) atoms. The minimum absolute atomic E-state index is 0.268. The number of H-pyrrole nitrogens is 1. The number of aromatic amines is 1. The van der Waals surface area contributed by atoms with Crippen molar-refractivity contribution in [1.82, 2.24) is 10.2 Å². The number of hydrogen-bond donors (Lipinski definition) is 2. The summed E-state index contributed by atoms with van der Waals surface area (Å²) < 4.78 is 0. The molecule has 1 rings (SSSR count). The Morgan fingerprint density at radius 1 is 1.69 bits per heavy atom. The Kier molecular flexibility index (Phi) is 3.06. The first-order valence-corrected chi connectivity index (χ1v) is 4.41. The van der Waals surface area contributed by atoms with Crippen LogP contribution in [0.2, 0.25) is 0 Å². The van der Waals surface area contributed by atoms with Gasteiger partial charge in [0.2, 0.25) is 5.91 Å². The molecule has 4 nitrogen and oxygen atoms in total. The zero-order valence-electron chi connectivity index (χ0n) is 8.00. The van der Waals surface area contributed by atoms with Crippen LogP contribution in [0.3, 0.4) is 0 Å². The van der Waals surface area contributed by atoms with E-state index in [0.29, 0.717) is 18.8 Å². The van der Waals surface area contributed by atoms with Crippen LogP contribution in [0, 0.1) is 0 Å². The molecule has 0 radical (unpaired) electrons. The Morgan fingerprint density at radius 2 is 2.38 bits per heavy atom. The topological polar surface area (TPSA) is 71.8 Å². The van der Waals surface area contributed by atoms with Gasteiger partial charge in [0.05, 0.1) is 6.20 Å². The molecule has 0 saturated carbocycles. The molecule has 0 bridgehead atoms. The summed E-state index contributed by atoms with van der Waals surface area (Å²) in [5, 5.41) is 6.87. The van der Waals surface area contributed by atoms with Gasteiger partial charge in [0.25, 0.3) is 0 Å². The Bertz CT molecular complexity index is 291. The van der Waals surface area contributed by atoms with E-state index in [4.69, 9.17) is 5.73 Å². The summed E-state index contributed by atoms with van der Waals surface area (Å²) in [6.45, 7) is 4.17. The number of aryl methyl sites for hydroxylation is 1. The number of carbonyl (C=O) groups is 1. The maximum Gasteiger partial charge on any atom is 0.217 e. The molecule has 0 unspecified atom stereocenters. The molecule has 4 heteroatoms. The molecule has 0 saturated heterocycles. The SMILES string of the molecule is CC(C)c1[nH]ncc1CCC(N)=O. The maximum atomic E-state index is 10.6. The molecular formula is C9H15N3O. The van der Waals surface area contributed by atoms with Crippen LogP contribution < -0.4 is 5.73 Å². The fourth-order valence-electron chi connectivity index (χ4n) is 1.28. The number of primary amides is 1. The molecular weight excluding hydrogens is 166 g/mol. The van der Waals surface area contributed by atoms with Crippen molar-refractivity contribution in [2.24, 2.45) is 5.73 Å². The van der Waals surface area contributed by atoms with E-state index in [1.807, 2.05) is 0 Å². The molecule has 1 aromatic rings. The van der Waals surface area contributed by atoms with Crippen LogP contribution in [0.1, 0.15) is 37.4 Å². The normalized spacial score (nSPS) is 10.7. The Morgan fingerprint density at radius 3 is 2.92 bits per heavy atom. The third-order valence-corrected chi connectivity index (χ3v) is 1.97. The monoisotopic (exact) mass is 181 g/mol. The second-order valence-electron chi connectivity index (χ2n) is 3.43. The summed E-state index contributed by atoms with van der Waals surface area (Å²) in [5.74, 6) is 0.140. The van der Waals surface area contributed by atoms with E-state index in [1.165, 1.54) is 0 Å². The summed E-state index contributed by atoms with van der Waals surface area (Å²) in [6.07, 6.45) is 2.83. The number of amides is 1. The van der Waals surface area contributed by atoms with Crippen molar-refractivity contribution >= 4 is 5.91 Å². The number of nitrogens with two attached hydrogens (primary N) is 1. The minimum Gasteiger partial charge on any atom is -0.370 e. The highest BCUT2D eigenvalue weighted by Gasteiger charge is 2.09. The van der Waals surface area contributed by atoms with Crippen molar-refractivity contribution < 1.29 is 4.79 Å². The number of hydrogen-bond acceptors (Lipinski definition) is 2. The van der Waals surface area contributed by atoms with Gasteiger partial charge in [-0.15, -0.1) is 0 Å². The van der Waals surface area contributed by atoms with E-state index in [9.17, 15) is 4.79 Å². The zero-order valence-corrected chi connectivity index (χ0v) is 8.00. The molecule has 3 N–H and O–H groups in total. The number of nitrogens with zero attached hydrogens (tertiary/aromatic N) is 1. The van der Waals surface area contributed by atoms with Crippen molar-refractivity contribution in [1.29, 1.82) is 0 Å². The molecule has 0 aliphatic heterocycles. The van der Waals surface area contributed by atoms with Crippen LogP contribution in [-0.2, 0) is 11.2 Å². The Labute approximate surface area is 77.5 Å². The van der Waals surface area contributed by atoms with Gasteiger partial charge in [-0.2, -0.15) is 5.10 Å². The lowest BCUT2D eigenvalue weighted by molar-refractivity contribution is -0.117. The summed E-state index contributed by atoms with van der Waals surface area (Å²) in [5.41, 5.74) is 7.26. The number of carbonyl (C=O) groups excluding carboxylic acids is 1. The van der Waals surface area contributed by atoms with E-state index in [-0.39, 0.29) is 5.91 Å². The second kappa shape index (κ2) is 4.07. The van der Waals surface area contributed by atoms with Crippen molar-refractivity contribution in [3.05, 3.63) is 17.5 Å². The lowest BCUT2D eigenvalue weighted by Crippen LogP contribution is -2.11. The highest BCUT2D eigenvalue weighted by molar-refractivity contribution is 5.74. The van der Waals surface area contributed by atoms with Crippen LogP contribution in [0.5, 0.6) is 0 Å². The first-order chi connectivity index (χ1) is 6.11. The van der Waals surface area contributed by atoms with Crippen LogP contribution in [-0.4, -0.2) is 16.1 Å². The van der Waals surface area contributed by atoms with Gasteiger partial charge in [-0.1, -0.05) is 13.8 Å². The van der Waals surface area contributed by atoms with Gasteiger partial charge in [0, 0.05) is 12.1 Å². The lowest BCUT2D eigenvalue weighted by atomic mass is 10.0. The van der Waals surface area contributed by atoms with Crippen LogP contribution >= 0.6 is 0 Å². The number of nitrogens with one attached hydrogen (secondary N) is 1. The summed E-state index contributed by atoms with van der Waals surface area (Å²) in [7, 11) is 0. The van der Waals surface area contributed by atoms with Gasteiger partial charge >= 0.3 is 0 Å². The second-order valence-corrected chi connectivity index (χ2v) is 3.43. The maximum absolute atomic E-state index is 10.6. The van der Waals surface area contributed by atoms with Gasteiger partial charge < -0.3 is 5.73 Å². The molecule has 0 spiro atoms. The van der Waals surface area contributed by atoms with E-state index in [0.717, 1.165) is 11.3 Å². The van der Waals surface area contributed by atoms with Gasteiger partial charge in [-0.25, -0.2) is 0 Å². The number of aromatic nitrogens is 2. The molecule has 72 valence electrons. The molecule has 0 fully saturated rings. The predicted molar refractivity (Wildman–Crippen MR) is 50.2 cm³/mol. The predicted octanol–water partition coefficient (Wildman–Crippen LogP) is 0.951. The van der Waals surface area contributed by atoms with Gasteiger partial charge in [-0.05, 0) is 17.9 Å². The zero-order chi connectivity index (χ0) is 9.84. The highest BCUT2D eigenvalue weighted by Crippen LogP contribution is 2.17. The molecule has 1 amide bonds. The third-order valence-electron chi connectivity index (χ3n) is 1.97. The molecule has 0 aliphatic rings.